The molecule has 0 bridgehead atoms. The van der Waals surface area contributed by atoms with E-state index in [4.69, 9.17) is 22.1 Å². The molecule has 0 atom stereocenters. The van der Waals surface area contributed by atoms with Gasteiger partial charge in [0, 0.05) is 0 Å². The summed E-state index contributed by atoms with van der Waals surface area (Å²) in [6, 6.07) is 3.59. The van der Waals surface area contributed by atoms with Crippen molar-refractivity contribution in [2.75, 3.05) is 6.61 Å². The molecule has 0 aliphatic carbocycles. The lowest BCUT2D eigenvalue weighted by molar-refractivity contribution is -0.121. The number of nitrogens with one attached hydrogen (secondary N) is 1. The molecule has 1 aromatic rings. The zero-order valence-electron chi connectivity index (χ0n) is 8.60. The van der Waals surface area contributed by atoms with E-state index < -0.39 is 18.5 Å². The SMILES string of the molecule is NC(=O)NC(=O)COc1c(Cl)cccc1C=O. The lowest BCUT2D eigenvalue weighted by atomic mass is 10.2. The average Bonchev–Trinajstić information content (AvgIpc) is 2.26. The Balaban J connectivity index is 2.72. The molecule has 1 aromatic carbocycles. The van der Waals surface area contributed by atoms with Crippen molar-refractivity contribution in [3.05, 3.63) is 28.8 Å². The quantitative estimate of drug-likeness (QED) is 0.776. The third kappa shape index (κ3) is 3.76. The fourth-order valence-electron chi connectivity index (χ4n) is 1.08. The number of hydrogen-bond acceptors (Lipinski definition) is 4. The summed E-state index contributed by atoms with van der Waals surface area (Å²) in [7, 11) is 0. The predicted octanol–water partition coefficient (Wildman–Crippen LogP) is 0.726. The molecule has 17 heavy (non-hydrogen) atoms. The second-order valence-corrected chi connectivity index (χ2v) is 3.38. The number of imide groups is 1. The van der Waals surface area contributed by atoms with Gasteiger partial charge >= 0.3 is 6.03 Å². The first kappa shape index (κ1) is 13.0. The Morgan fingerprint density at radius 3 is 2.76 bits per heavy atom. The van der Waals surface area contributed by atoms with Crippen LogP contribution in [0.3, 0.4) is 0 Å². The largest absolute Gasteiger partial charge is 0.481 e. The maximum absolute atomic E-state index is 11.1. The van der Waals surface area contributed by atoms with Crippen LogP contribution in [-0.2, 0) is 4.79 Å². The number of hydrogen-bond donors (Lipinski definition) is 2. The van der Waals surface area contributed by atoms with Crippen molar-refractivity contribution in [2.24, 2.45) is 5.73 Å². The minimum Gasteiger partial charge on any atom is -0.481 e. The van der Waals surface area contributed by atoms with E-state index in [1.807, 2.05) is 5.32 Å². The van der Waals surface area contributed by atoms with E-state index >= 15 is 0 Å². The molecule has 0 saturated heterocycles. The molecule has 3 amide bonds. The molecule has 0 radical (unpaired) electrons. The summed E-state index contributed by atoms with van der Waals surface area (Å²) >= 11 is 5.79. The molecule has 1 rings (SSSR count). The van der Waals surface area contributed by atoms with Gasteiger partial charge < -0.3 is 10.5 Å². The molecule has 0 aliphatic rings. The van der Waals surface area contributed by atoms with E-state index in [0.29, 0.717) is 6.29 Å². The third-order valence-corrected chi connectivity index (χ3v) is 2.03. The number of nitrogens with two attached hydrogens (primary N) is 1. The van der Waals surface area contributed by atoms with Crippen molar-refractivity contribution in [3.63, 3.8) is 0 Å². The topological polar surface area (TPSA) is 98.5 Å². The van der Waals surface area contributed by atoms with Gasteiger partial charge in [0.1, 0.15) is 5.75 Å². The first-order chi connectivity index (χ1) is 8.04. The molecule has 6 nitrogen and oxygen atoms in total. The van der Waals surface area contributed by atoms with Gasteiger partial charge in [-0.25, -0.2) is 4.79 Å². The van der Waals surface area contributed by atoms with Crippen LogP contribution in [0.4, 0.5) is 4.79 Å². The molecular weight excluding hydrogens is 248 g/mol. The van der Waals surface area contributed by atoms with Gasteiger partial charge in [0.15, 0.2) is 12.9 Å². The number of amides is 3. The van der Waals surface area contributed by atoms with Gasteiger partial charge in [-0.15, -0.1) is 0 Å². The minimum atomic E-state index is -0.978. The fraction of sp³-hybridized carbons (Fsp3) is 0.100. The van der Waals surface area contributed by atoms with Crippen LogP contribution < -0.4 is 15.8 Å². The summed E-state index contributed by atoms with van der Waals surface area (Å²) in [6.45, 7) is -0.465. The van der Waals surface area contributed by atoms with Crippen LogP contribution in [-0.4, -0.2) is 24.8 Å². The number of carbonyl (C=O) groups excluding carboxylic acids is 3. The van der Waals surface area contributed by atoms with Crippen LogP contribution in [0.25, 0.3) is 0 Å². The highest BCUT2D eigenvalue weighted by molar-refractivity contribution is 6.32. The first-order valence-electron chi connectivity index (χ1n) is 4.50. The van der Waals surface area contributed by atoms with Gasteiger partial charge in [-0.3, -0.25) is 14.9 Å². The van der Waals surface area contributed by atoms with Crippen molar-refractivity contribution in [1.82, 2.24) is 5.32 Å². The summed E-state index contributed by atoms with van der Waals surface area (Å²) < 4.78 is 5.04. The lowest BCUT2D eigenvalue weighted by Crippen LogP contribution is -2.38. The van der Waals surface area contributed by atoms with Crippen molar-refractivity contribution in [2.45, 2.75) is 0 Å². The van der Waals surface area contributed by atoms with Crippen LogP contribution in [0, 0.1) is 0 Å². The van der Waals surface area contributed by atoms with Gasteiger partial charge in [-0.1, -0.05) is 17.7 Å². The Bertz CT molecular complexity index is 462. The van der Waals surface area contributed by atoms with Crippen molar-refractivity contribution >= 4 is 29.8 Å². The molecule has 3 N–H and O–H groups in total. The molecular formula is C10H9ClN2O4. The maximum Gasteiger partial charge on any atom is 0.318 e. The van der Waals surface area contributed by atoms with Gasteiger partial charge in [-0.05, 0) is 12.1 Å². The summed E-state index contributed by atoms with van der Waals surface area (Å²) in [5.74, 6) is -0.641. The molecule has 0 unspecified atom stereocenters. The third-order valence-electron chi connectivity index (χ3n) is 1.73. The van der Waals surface area contributed by atoms with Crippen LogP contribution in [0.15, 0.2) is 18.2 Å². The molecule has 0 fully saturated rings. The summed E-state index contributed by atoms with van der Waals surface area (Å²) in [5.41, 5.74) is 4.95. The standard InChI is InChI=1S/C10H9ClN2O4/c11-7-3-1-2-6(4-14)9(7)17-5-8(15)13-10(12)16/h1-4H,5H2,(H3,12,13,15,16). The summed E-state index contributed by atoms with van der Waals surface area (Å²) in [4.78, 5) is 32.1. The van der Waals surface area contributed by atoms with Crippen LogP contribution in [0.2, 0.25) is 5.02 Å². The number of halogens is 1. The highest BCUT2D eigenvalue weighted by Crippen LogP contribution is 2.27. The minimum absolute atomic E-state index is 0.0868. The van der Waals surface area contributed by atoms with E-state index in [0.717, 1.165) is 0 Å². The molecule has 0 saturated carbocycles. The Hall–Kier alpha value is -2.08. The van der Waals surface area contributed by atoms with E-state index in [1.54, 1.807) is 6.07 Å². The number of rotatable bonds is 4. The first-order valence-corrected chi connectivity index (χ1v) is 4.88. The molecule has 0 aromatic heterocycles. The molecule has 7 heteroatoms. The summed E-state index contributed by atoms with van der Waals surface area (Å²) in [5, 5.41) is 2.01. The van der Waals surface area contributed by atoms with E-state index in [1.165, 1.54) is 12.1 Å². The van der Waals surface area contributed by atoms with E-state index in [9.17, 15) is 14.4 Å². The number of para-hydroxylation sites is 1. The number of carbonyl (C=O) groups is 3. The summed E-state index contributed by atoms with van der Waals surface area (Å²) in [6.07, 6.45) is 0.549. The zero-order chi connectivity index (χ0) is 12.8. The molecule has 0 aliphatic heterocycles. The number of ether oxygens (including phenoxy) is 1. The van der Waals surface area contributed by atoms with Gasteiger partial charge in [0.25, 0.3) is 5.91 Å². The lowest BCUT2D eigenvalue weighted by Gasteiger charge is -2.09. The molecule has 0 spiro atoms. The van der Waals surface area contributed by atoms with E-state index in [-0.39, 0.29) is 16.3 Å². The predicted molar refractivity (Wildman–Crippen MR) is 60.1 cm³/mol. The normalized spacial score (nSPS) is 9.47. The smallest absolute Gasteiger partial charge is 0.318 e. The molecule has 90 valence electrons. The van der Waals surface area contributed by atoms with Crippen LogP contribution in [0.1, 0.15) is 10.4 Å². The Morgan fingerprint density at radius 1 is 1.47 bits per heavy atom. The molecule has 0 heterocycles. The highest BCUT2D eigenvalue weighted by Gasteiger charge is 2.11. The maximum atomic E-state index is 11.1. The highest BCUT2D eigenvalue weighted by atomic mass is 35.5. The fourth-order valence-corrected chi connectivity index (χ4v) is 1.32. The zero-order valence-corrected chi connectivity index (χ0v) is 9.36. The Kier molecular flexibility index (Phi) is 4.47. The number of aldehydes is 1. The van der Waals surface area contributed by atoms with Crippen molar-refractivity contribution in [3.8, 4) is 5.75 Å². The Labute approximate surface area is 102 Å². The van der Waals surface area contributed by atoms with Crippen LogP contribution >= 0.6 is 11.6 Å². The number of primary amides is 1. The number of benzene rings is 1. The van der Waals surface area contributed by atoms with Crippen molar-refractivity contribution in [1.29, 1.82) is 0 Å². The Morgan fingerprint density at radius 2 is 2.18 bits per heavy atom. The monoisotopic (exact) mass is 256 g/mol. The van der Waals surface area contributed by atoms with Crippen LogP contribution in [0.5, 0.6) is 5.75 Å². The second-order valence-electron chi connectivity index (χ2n) is 2.98. The second kappa shape index (κ2) is 5.86. The van der Waals surface area contributed by atoms with Gasteiger partial charge in [-0.2, -0.15) is 0 Å². The van der Waals surface area contributed by atoms with E-state index in [2.05, 4.69) is 0 Å². The van der Waals surface area contributed by atoms with Gasteiger partial charge in [0.05, 0.1) is 10.6 Å². The average molecular weight is 257 g/mol. The van der Waals surface area contributed by atoms with Gasteiger partial charge in [0.2, 0.25) is 0 Å². The number of urea groups is 1. The van der Waals surface area contributed by atoms with Crippen molar-refractivity contribution < 1.29 is 19.1 Å².